The molecule has 2 aromatic rings. The SMILES string of the molecule is NNC(CC1CCOc2ccccc21)c1ccncc1. The molecule has 0 amide bonds. The number of hydrogen-bond donors (Lipinski definition) is 2. The Morgan fingerprint density at radius 1 is 1.25 bits per heavy atom. The molecule has 0 aliphatic carbocycles. The maximum Gasteiger partial charge on any atom is 0.122 e. The van der Waals surface area contributed by atoms with Crippen molar-refractivity contribution in [2.45, 2.75) is 24.8 Å². The van der Waals surface area contributed by atoms with E-state index in [2.05, 4.69) is 22.5 Å². The fraction of sp³-hybridized carbons (Fsp3) is 0.312. The lowest BCUT2D eigenvalue weighted by molar-refractivity contribution is 0.255. The van der Waals surface area contributed by atoms with Crippen LogP contribution in [0.2, 0.25) is 0 Å². The number of benzene rings is 1. The molecule has 1 aromatic heterocycles. The minimum absolute atomic E-state index is 0.133. The van der Waals surface area contributed by atoms with Crippen LogP contribution >= 0.6 is 0 Å². The zero-order valence-electron chi connectivity index (χ0n) is 11.3. The van der Waals surface area contributed by atoms with Gasteiger partial charge in [0.15, 0.2) is 0 Å². The van der Waals surface area contributed by atoms with E-state index in [0.29, 0.717) is 5.92 Å². The molecule has 3 rings (SSSR count). The molecule has 0 radical (unpaired) electrons. The second-order valence-electron chi connectivity index (χ2n) is 5.11. The molecule has 4 nitrogen and oxygen atoms in total. The summed E-state index contributed by atoms with van der Waals surface area (Å²) in [5, 5.41) is 0. The van der Waals surface area contributed by atoms with Crippen molar-refractivity contribution in [2.75, 3.05) is 6.61 Å². The third-order valence-corrected chi connectivity index (χ3v) is 3.91. The van der Waals surface area contributed by atoms with Gasteiger partial charge in [0, 0.05) is 18.4 Å². The minimum Gasteiger partial charge on any atom is -0.493 e. The molecule has 0 saturated carbocycles. The molecule has 104 valence electrons. The first-order valence-corrected chi connectivity index (χ1v) is 6.96. The summed E-state index contributed by atoms with van der Waals surface area (Å²) in [4.78, 5) is 4.06. The highest BCUT2D eigenvalue weighted by Crippen LogP contribution is 2.38. The number of nitrogens with zero attached hydrogens (tertiary/aromatic N) is 1. The van der Waals surface area contributed by atoms with E-state index in [1.54, 1.807) is 12.4 Å². The van der Waals surface area contributed by atoms with Gasteiger partial charge in [-0.15, -0.1) is 0 Å². The van der Waals surface area contributed by atoms with Gasteiger partial charge in [0.2, 0.25) is 0 Å². The minimum atomic E-state index is 0.133. The summed E-state index contributed by atoms with van der Waals surface area (Å²) in [6.07, 6.45) is 5.59. The van der Waals surface area contributed by atoms with Gasteiger partial charge >= 0.3 is 0 Å². The molecule has 2 unspecified atom stereocenters. The Morgan fingerprint density at radius 2 is 2.05 bits per heavy atom. The standard InChI is InChI=1S/C16H19N3O/c17-19-15(12-5-8-18-9-6-12)11-13-7-10-20-16-4-2-1-3-14(13)16/h1-6,8-9,13,15,19H,7,10-11,17H2. The molecule has 1 aromatic carbocycles. The second-order valence-corrected chi connectivity index (χ2v) is 5.11. The van der Waals surface area contributed by atoms with Crippen LogP contribution in [0.3, 0.4) is 0 Å². The average Bonchev–Trinajstić information content (AvgIpc) is 2.53. The van der Waals surface area contributed by atoms with Gasteiger partial charge in [0.05, 0.1) is 6.61 Å². The van der Waals surface area contributed by atoms with Gasteiger partial charge in [-0.25, -0.2) is 0 Å². The zero-order chi connectivity index (χ0) is 13.8. The lowest BCUT2D eigenvalue weighted by Gasteiger charge is -2.29. The van der Waals surface area contributed by atoms with Crippen LogP contribution in [0.15, 0.2) is 48.8 Å². The zero-order valence-corrected chi connectivity index (χ0v) is 11.3. The van der Waals surface area contributed by atoms with Crippen LogP contribution in [0.5, 0.6) is 5.75 Å². The first-order chi connectivity index (χ1) is 9.88. The van der Waals surface area contributed by atoms with Gasteiger partial charge in [-0.3, -0.25) is 16.3 Å². The molecule has 0 saturated heterocycles. The highest BCUT2D eigenvalue weighted by Gasteiger charge is 2.24. The van der Waals surface area contributed by atoms with Crippen LogP contribution < -0.4 is 16.0 Å². The van der Waals surface area contributed by atoms with Crippen LogP contribution in [0.1, 0.15) is 35.9 Å². The molecule has 4 heteroatoms. The van der Waals surface area contributed by atoms with Gasteiger partial charge in [-0.2, -0.15) is 0 Å². The lowest BCUT2D eigenvalue weighted by Crippen LogP contribution is -2.30. The van der Waals surface area contributed by atoms with Crippen LogP contribution in [0.4, 0.5) is 0 Å². The fourth-order valence-electron chi connectivity index (χ4n) is 2.84. The Bertz CT molecular complexity index is 559. The second kappa shape index (κ2) is 6.03. The summed E-state index contributed by atoms with van der Waals surface area (Å²) in [5.74, 6) is 7.22. The normalized spacial score (nSPS) is 18.9. The number of hydrazine groups is 1. The number of pyridine rings is 1. The lowest BCUT2D eigenvalue weighted by atomic mass is 9.86. The number of aromatic nitrogens is 1. The summed E-state index contributed by atoms with van der Waals surface area (Å²) in [7, 11) is 0. The van der Waals surface area contributed by atoms with Crippen molar-refractivity contribution in [3.8, 4) is 5.75 Å². The molecule has 2 heterocycles. The molecule has 0 fully saturated rings. The van der Waals surface area contributed by atoms with Crippen molar-refractivity contribution >= 4 is 0 Å². The van der Waals surface area contributed by atoms with Gasteiger partial charge in [-0.05, 0) is 48.1 Å². The van der Waals surface area contributed by atoms with Crippen LogP contribution in [0.25, 0.3) is 0 Å². The Hall–Kier alpha value is -1.91. The maximum absolute atomic E-state index is 5.74. The number of ether oxygens (including phenoxy) is 1. The number of nitrogens with two attached hydrogens (primary N) is 1. The number of nitrogens with one attached hydrogen (secondary N) is 1. The van der Waals surface area contributed by atoms with E-state index in [1.165, 1.54) is 11.1 Å². The third kappa shape index (κ3) is 2.66. The summed E-state index contributed by atoms with van der Waals surface area (Å²) >= 11 is 0. The Labute approximate surface area is 119 Å². The largest absolute Gasteiger partial charge is 0.493 e. The molecule has 2 atom stereocenters. The maximum atomic E-state index is 5.74. The van der Waals surface area contributed by atoms with E-state index >= 15 is 0 Å². The summed E-state index contributed by atoms with van der Waals surface area (Å²) in [6, 6.07) is 12.4. The van der Waals surface area contributed by atoms with E-state index in [9.17, 15) is 0 Å². The van der Waals surface area contributed by atoms with E-state index in [0.717, 1.165) is 25.2 Å². The third-order valence-electron chi connectivity index (χ3n) is 3.91. The van der Waals surface area contributed by atoms with Crippen molar-refractivity contribution in [3.05, 3.63) is 59.9 Å². The molecule has 20 heavy (non-hydrogen) atoms. The van der Waals surface area contributed by atoms with E-state index < -0.39 is 0 Å². The number of fused-ring (bicyclic) bond motifs is 1. The van der Waals surface area contributed by atoms with E-state index in [4.69, 9.17) is 10.6 Å². The Balaban J connectivity index is 1.81. The quantitative estimate of drug-likeness (QED) is 0.661. The van der Waals surface area contributed by atoms with Crippen molar-refractivity contribution in [3.63, 3.8) is 0 Å². The monoisotopic (exact) mass is 269 g/mol. The van der Waals surface area contributed by atoms with Gasteiger partial charge in [0.1, 0.15) is 5.75 Å². The first-order valence-electron chi connectivity index (χ1n) is 6.96. The van der Waals surface area contributed by atoms with Crippen LogP contribution in [-0.2, 0) is 0 Å². The Kier molecular flexibility index (Phi) is 3.95. The highest BCUT2D eigenvalue weighted by atomic mass is 16.5. The molecule has 1 aliphatic rings. The summed E-state index contributed by atoms with van der Waals surface area (Å²) in [5.41, 5.74) is 5.39. The topological polar surface area (TPSA) is 60.2 Å². The first kappa shape index (κ1) is 13.1. The number of hydrogen-bond acceptors (Lipinski definition) is 4. The predicted octanol–water partition coefficient (Wildman–Crippen LogP) is 2.54. The van der Waals surface area contributed by atoms with Crippen molar-refractivity contribution < 1.29 is 4.74 Å². The van der Waals surface area contributed by atoms with Crippen molar-refractivity contribution in [1.82, 2.24) is 10.4 Å². The van der Waals surface area contributed by atoms with Gasteiger partial charge in [0.25, 0.3) is 0 Å². The summed E-state index contributed by atoms with van der Waals surface area (Å²) < 4.78 is 5.71. The average molecular weight is 269 g/mol. The predicted molar refractivity (Wildman–Crippen MR) is 78.2 cm³/mol. The van der Waals surface area contributed by atoms with Crippen LogP contribution in [-0.4, -0.2) is 11.6 Å². The van der Waals surface area contributed by atoms with Crippen molar-refractivity contribution in [1.29, 1.82) is 0 Å². The molecule has 3 N–H and O–H groups in total. The molecular weight excluding hydrogens is 250 g/mol. The van der Waals surface area contributed by atoms with Gasteiger partial charge in [-0.1, -0.05) is 18.2 Å². The molecular formula is C16H19N3O. The van der Waals surface area contributed by atoms with E-state index in [1.807, 2.05) is 24.3 Å². The van der Waals surface area contributed by atoms with Crippen LogP contribution in [0, 0.1) is 0 Å². The molecule has 0 spiro atoms. The van der Waals surface area contributed by atoms with Crippen molar-refractivity contribution in [2.24, 2.45) is 5.84 Å². The smallest absolute Gasteiger partial charge is 0.122 e. The van der Waals surface area contributed by atoms with E-state index in [-0.39, 0.29) is 6.04 Å². The van der Waals surface area contributed by atoms with Gasteiger partial charge < -0.3 is 4.74 Å². The summed E-state index contributed by atoms with van der Waals surface area (Å²) in [6.45, 7) is 0.773. The number of para-hydroxylation sites is 1. The highest BCUT2D eigenvalue weighted by molar-refractivity contribution is 5.38. The number of rotatable bonds is 4. The molecule has 0 bridgehead atoms. The Morgan fingerprint density at radius 3 is 2.85 bits per heavy atom. The molecule has 1 aliphatic heterocycles. The fourth-order valence-corrected chi connectivity index (χ4v) is 2.84.